The molecule has 1 saturated heterocycles. The summed E-state index contributed by atoms with van der Waals surface area (Å²) in [6.45, 7) is 1.07. The molecule has 0 aliphatic carbocycles. The lowest BCUT2D eigenvalue weighted by molar-refractivity contribution is -0.137. The minimum absolute atomic E-state index is 0.258. The van der Waals surface area contributed by atoms with Gasteiger partial charge in [0.15, 0.2) is 0 Å². The summed E-state index contributed by atoms with van der Waals surface area (Å²) in [5.74, 6) is 0.767. The number of thioether (sulfide) groups is 1. The summed E-state index contributed by atoms with van der Waals surface area (Å²) in [7, 11) is 1.61. The zero-order chi connectivity index (χ0) is 16.5. The Bertz CT molecular complexity index is 662. The van der Waals surface area contributed by atoms with Gasteiger partial charge in [-0.05, 0) is 42.0 Å². The zero-order valence-electron chi connectivity index (χ0n) is 12.4. The maximum Gasteiger partial charge on any atom is 0.416 e. The molecule has 1 aliphatic heterocycles. The largest absolute Gasteiger partial charge is 0.497 e. The normalized spacial score (nSPS) is 16.7. The molecule has 1 aliphatic rings. The molecule has 2 nitrogen and oxygen atoms in total. The van der Waals surface area contributed by atoms with Gasteiger partial charge in [0.25, 0.3) is 0 Å². The second-order valence-corrected chi connectivity index (χ2v) is 6.80. The van der Waals surface area contributed by atoms with E-state index in [1.165, 1.54) is 23.9 Å². The molecule has 1 fully saturated rings. The number of hydrogen-bond acceptors (Lipinski definition) is 3. The fraction of sp³-hybridized carbons (Fsp3) is 0.294. The van der Waals surface area contributed by atoms with Gasteiger partial charge in [-0.2, -0.15) is 13.2 Å². The van der Waals surface area contributed by atoms with E-state index in [2.05, 4.69) is 0 Å². The maximum atomic E-state index is 12.6. The second-order valence-electron chi connectivity index (χ2n) is 5.34. The molecule has 0 spiro atoms. The molecule has 0 N–H and O–H groups in total. The molecule has 3 rings (SSSR count). The third-order valence-electron chi connectivity index (χ3n) is 3.78. The van der Waals surface area contributed by atoms with E-state index in [1.54, 1.807) is 7.11 Å². The molecule has 0 bridgehead atoms. The Morgan fingerprint density at radius 1 is 1.00 bits per heavy atom. The van der Waals surface area contributed by atoms with Crippen molar-refractivity contribution in [2.45, 2.75) is 15.8 Å². The fourth-order valence-corrected chi connectivity index (χ4v) is 3.67. The van der Waals surface area contributed by atoms with Crippen molar-refractivity contribution in [2.24, 2.45) is 0 Å². The van der Waals surface area contributed by atoms with Crippen LogP contribution in [0.5, 0.6) is 5.75 Å². The van der Waals surface area contributed by atoms with Crippen molar-refractivity contribution in [1.29, 1.82) is 0 Å². The van der Waals surface area contributed by atoms with Crippen LogP contribution in [-0.2, 0) is 15.7 Å². The highest BCUT2D eigenvalue weighted by Crippen LogP contribution is 2.47. The van der Waals surface area contributed by atoms with Gasteiger partial charge in [-0.3, -0.25) is 0 Å². The predicted octanol–water partition coefficient (Wildman–Crippen LogP) is 4.73. The van der Waals surface area contributed by atoms with E-state index in [4.69, 9.17) is 9.47 Å². The van der Waals surface area contributed by atoms with E-state index in [9.17, 15) is 13.2 Å². The number of hydrogen-bond donors (Lipinski definition) is 0. The summed E-state index contributed by atoms with van der Waals surface area (Å²) in [6.07, 6.45) is -4.31. The number of halogens is 3. The molecule has 1 heterocycles. The third-order valence-corrected chi connectivity index (χ3v) is 5.15. The predicted molar refractivity (Wildman–Crippen MR) is 82.8 cm³/mol. The Morgan fingerprint density at radius 3 is 2.04 bits per heavy atom. The van der Waals surface area contributed by atoms with Crippen LogP contribution in [0.2, 0.25) is 0 Å². The highest BCUT2D eigenvalue weighted by molar-refractivity contribution is 8.00. The Balaban J connectivity index is 1.81. The number of methoxy groups -OCH3 is 1. The van der Waals surface area contributed by atoms with Crippen LogP contribution < -0.4 is 4.74 Å². The van der Waals surface area contributed by atoms with Crippen molar-refractivity contribution < 1.29 is 22.6 Å². The molecule has 0 saturated carbocycles. The van der Waals surface area contributed by atoms with Crippen molar-refractivity contribution in [3.63, 3.8) is 0 Å². The molecule has 2 aromatic carbocycles. The van der Waals surface area contributed by atoms with Crippen LogP contribution in [0.25, 0.3) is 0 Å². The van der Waals surface area contributed by atoms with Gasteiger partial charge >= 0.3 is 6.18 Å². The van der Waals surface area contributed by atoms with Crippen LogP contribution in [0.15, 0.2) is 53.4 Å². The lowest BCUT2D eigenvalue weighted by Gasteiger charge is -2.41. The standard InChI is InChI=1S/C17H15F3O2S/c1-21-14-6-2-12(3-7-14)16(10-22-11-16)23-15-8-4-13(5-9-15)17(18,19)20/h2-9H,10-11H2,1H3. The summed E-state index contributed by atoms with van der Waals surface area (Å²) in [5, 5.41) is 0. The van der Waals surface area contributed by atoms with Crippen molar-refractivity contribution in [3.05, 3.63) is 59.7 Å². The smallest absolute Gasteiger partial charge is 0.416 e. The molecule has 0 atom stereocenters. The average molecular weight is 340 g/mol. The Labute approximate surface area is 136 Å². The van der Waals surface area contributed by atoms with Gasteiger partial charge in [0.05, 0.1) is 30.6 Å². The van der Waals surface area contributed by atoms with Gasteiger partial charge in [-0.1, -0.05) is 12.1 Å². The highest BCUT2D eigenvalue weighted by Gasteiger charge is 2.41. The molecular weight excluding hydrogens is 325 g/mol. The maximum absolute atomic E-state index is 12.6. The average Bonchev–Trinajstić information content (AvgIpc) is 2.51. The highest BCUT2D eigenvalue weighted by atomic mass is 32.2. The molecule has 0 unspecified atom stereocenters. The minimum Gasteiger partial charge on any atom is -0.497 e. The second kappa shape index (κ2) is 6.09. The molecule has 6 heteroatoms. The molecular formula is C17H15F3O2S. The topological polar surface area (TPSA) is 18.5 Å². The van der Waals surface area contributed by atoms with Crippen LogP contribution >= 0.6 is 11.8 Å². The van der Waals surface area contributed by atoms with Gasteiger partial charge in [0.1, 0.15) is 5.75 Å². The van der Waals surface area contributed by atoms with Crippen LogP contribution in [0.4, 0.5) is 13.2 Å². The number of ether oxygens (including phenoxy) is 2. The van der Waals surface area contributed by atoms with E-state index in [0.29, 0.717) is 13.2 Å². The number of rotatable bonds is 4. The molecule has 0 aromatic heterocycles. The SMILES string of the molecule is COc1ccc(C2(Sc3ccc(C(F)(F)F)cc3)COC2)cc1. The van der Waals surface area contributed by atoms with Crippen molar-refractivity contribution in [1.82, 2.24) is 0 Å². The Kier molecular flexibility index (Phi) is 4.29. The van der Waals surface area contributed by atoms with Crippen LogP contribution in [0.3, 0.4) is 0 Å². The van der Waals surface area contributed by atoms with Crippen LogP contribution in [0, 0.1) is 0 Å². The third kappa shape index (κ3) is 3.33. The Morgan fingerprint density at radius 2 is 1.61 bits per heavy atom. The zero-order valence-corrected chi connectivity index (χ0v) is 13.2. The summed E-state index contributed by atoms with van der Waals surface area (Å²) >= 11 is 1.53. The summed E-state index contributed by atoms with van der Waals surface area (Å²) < 4.78 is 48.2. The lowest BCUT2D eigenvalue weighted by atomic mass is 9.96. The summed E-state index contributed by atoms with van der Waals surface area (Å²) in [5.41, 5.74) is 0.444. The quantitative estimate of drug-likeness (QED) is 0.801. The first kappa shape index (κ1) is 16.2. The van der Waals surface area contributed by atoms with Crippen molar-refractivity contribution >= 4 is 11.8 Å². The van der Waals surface area contributed by atoms with E-state index >= 15 is 0 Å². The molecule has 2 aromatic rings. The van der Waals surface area contributed by atoms with E-state index in [1.807, 2.05) is 24.3 Å². The molecule has 0 amide bonds. The minimum atomic E-state index is -4.31. The van der Waals surface area contributed by atoms with E-state index < -0.39 is 11.7 Å². The van der Waals surface area contributed by atoms with Gasteiger partial charge in [0, 0.05) is 4.90 Å². The number of alkyl halides is 3. The van der Waals surface area contributed by atoms with E-state index in [-0.39, 0.29) is 4.75 Å². The van der Waals surface area contributed by atoms with Gasteiger partial charge in [-0.25, -0.2) is 0 Å². The summed E-state index contributed by atoms with van der Waals surface area (Å²) in [6, 6.07) is 12.9. The molecule has 23 heavy (non-hydrogen) atoms. The summed E-state index contributed by atoms with van der Waals surface area (Å²) in [4.78, 5) is 0.789. The van der Waals surface area contributed by atoms with Gasteiger partial charge in [-0.15, -0.1) is 11.8 Å². The van der Waals surface area contributed by atoms with Gasteiger partial charge < -0.3 is 9.47 Å². The first-order valence-electron chi connectivity index (χ1n) is 7.01. The Hall–Kier alpha value is -1.66. The van der Waals surface area contributed by atoms with Crippen molar-refractivity contribution in [3.8, 4) is 5.75 Å². The molecule has 122 valence electrons. The van der Waals surface area contributed by atoms with Crippen LogP contribution in [-0.4, -0.2) is 20.3 Å². The van der Waals surface area contributed by atoms with Gasteiger partial charge in [0.2, 0.25) is 0 Å². The molecule has 0 radical (unpaired) electrons. The van der Waals surface area contributed by atoms with Crippen molar-refractivity contribution in [2.75, 3.05) is 20.3 Å². The van der Waals surface area contributed by atoms with E-state index in [0.717, 1.165) is 28.3 Å². The monoisotopic (exact) mass is 340 g/mol. The fourth-order valence-electron chi connectivity index (χ4n) is 2.40. The number of benzene rings is 2. The first-order valence-corrected chi connectivity index (χ1v) is 7.83. The first-order chi connectivity index (χ1) is 10.9. The van der Waals surface area contributed by atoms with Crippen LogP contribution in [0.1, 0.15) is 11.1 Å². The lowest BCUT2D eigenvalue weighted by Crippen LogP contribution is -2.43.